The standard InChI is InChI=1S/C16H18N6O4/c1-7-10(9-4-8(23)2-3-17-9)12(24)13(25)16(26-7)22-15-11-14(19-5-18-11)20-6-21-15/h2-7,10,12-13,16,24-25H,1H3,(H,17,23)(H2,18,19,20,21,22). The number of imidazole rings is 1. The van der Waals surface area contributed by atoms with Gasteiger partial charge >= 0.3 is 0 Å². The van der Waals surface area contributed by atoms with Crippen LogP contribution in [0.3, 0.4) is 0 Å². The second-order valence-corrected chi connectivity index (χ2v) is 6.22. The lowest BCUT2D eigenvalue weighted by atomic mass is 9.86. The third-order valence-electron chi connectivity index (χ3n) is 4.55. The molecule has 0 aromatic carbocycles. The number of aromatic amines is 2. The monoisotopic (exact) mass is 358 g/mol. The number of fused-ring (bicyclic) bond motifs is 1. The molecule has 5 unspecified atom stereocenters. The van der Waals surface area contributed by atoms with Gasteiger partial charge in [0.15, 0.2) is 23.1 Å². The summed E-state index contributed by atoms with van der Waals surface area (Å²) >= 11 is 0. The summed E-state index contributed by atoms with van der Waals surface area (Å²) in [5.74, 6) is -0.169. The first kappa shape index (κ1) is 16.6. The van der Waals surface area contributed by atoms with Crippen LogP contribution in [0.2, 0.25) is 0 Å². The summed E-state index contributed by atoms with van der Waals surface area (Å²) in [6.07, 6.45) is 0.585. The van der Waals surface area contributed by atoms with E-state index in [2.05, 4.69) is 30.2 Å². The Morgan fingerprint density at radius 1 is 1.19 bits per heavy atom. The minimum absolute atomic E-state index is 0.185. The Morgan fingerprint density at radius 2 is 2.04 bits per heavy atom. The smallest absolute Gasteiger partial charge is 0.182 e. The third kappa shape index (κ3) is 2.83. The van der Waals surface area contributed by atoms with E-state index >= 15 is 0 Å². The van der Waals surface area contributed by atoms with Gasteiger partial charge in [0.1, 0.15) is 17.9 Å². The predicted octanol–water partition coefficient (Wildman–Crippen LogP) is -0.297. The van der Waals surface area contributed by atoms with Crippen LogP contribution in [0.4, 0.5) is 5.82 Å². The second-order valence-electron chi connectivity index (χ2n) is 6.22. The highest BCUT2D eigenvalue weighted by Gasteiger charge is 2.44. The first-order chi connectivity index (χ1) is 12.5. The summed E-state index contributed by atoms with van der Waals surface area (Å²) in [7, 11) is 0. The Bertz CT molecular complexity index is 972. The summed E-state index contributed by atoms with van der Waals surface area (Å²) in [6.45, 7) is 1.77. The van der Waals surface area contributed by atoms with Crippen LogP contribution in [-0.4, -0.2) is 59.7 Å². The maximum atomic E-state index is 11.6. The summed E-state index contributed by atoms with van der Waals surface area (Å²) in [6, 6.07) is 2.78. The summed E-state index contributed by atoms with van der Waals surface area (Å²) in [5, 5.41) is 24.1. The molecule has 10 nitrogen and oxygen atoms in total. The maximum Gasteiger partial charge on any atom is 0.182 e. The number of aromatic nitrogens is 5. The molecule has 26 heavy (non-hydrogen) atoms. The van der Waals surface area contributed by atoms with Gasteiger partial charge in [0.2, 0.25) is 0 Å². The van der Waals surface area contributed by atoms with E-state index in [9.17, 15) is 15.0 Å². The minimum Gasteiger partial charge on any atom is -0.389 e. The van der Waals surface area contributed by atoms with Crippen molar-refractivity contribution in [3.05, 3.63) is 46.9 Å². The van der Waals surface area contributed by atoms with Gasteiger partial charge in [0.25, 0.3) is 0 Å². The number of ether oxygens (including phenoxy) is 1. The quantitative estimate of drug-likeness (QED) is 0.428. The van der Waals surface area contributed by atoms with E-state index in [1.807, 2.05) is 0 Å². The van der Waals surface area contributed by atoms with Gasteiger partial charge in [-0.3, -0.25) is 4.79 Å². The van der Waals surface area contributed by atoms with E-state index in [-0.39, 0.29) is 5.43 Å². The molecule has 0 radical (unpaired) electrons. The number of pyridine rings is 1. The largest absolute Gasteiger partial charge is 0.389 e. The normalized spacial score (nSPS) is 29.0. The van der Waals surface area contributed by atoms with E-state index in [0.717, 1.165) is 0 Å². The highest BCUT2D eigenvalue weighted by Crippen LogP contribution is 2.33. The lowest BCUT2D eigenvalue weighted by molar-refractivity contribution is -0.166. The summed E-state index contributed by atoms with van der Waals surface area (Å²) in [4.78, 5) is 29.7. The van der Waals surface area contributed by atoms with E-state index in [4.69, 9.17) is 4.74 Å². The van der Waals surface area contributed by atoms with Crippen molar-refractivity contribution in [3.8, 4) is 0 Å². The Balaban J connectivity index is 1.59. The molecule has 3 aromatic rings. The SMILES string of the molecule is CC1OC(Nc2ncnc3nc[nH]c23)C(O)C(O)C1c1cc(=O)cc[nH]1. The second kappa shape index (κ2) is 6.48. The number of nitrogens with zero attached hydrogens (tertiary/aromatic N) is 3. The number of hydrogen-bond donors (Lipinski definition) is 5. The number of hydrogen-bond acceptors (Lipinski definition) is 8. The van der Waals surface area contributed by atoms with Gasteiger partial charge in [-0.15, -0.1) is 0 Å². The molecule has 3 aromatic heterocycles. The van der Waals surface area contributed by atoms with Gasteiger partial charge < -0.3 is 30.2 Å². The number of aliphatic hydroxyl groups is 2. The number of anilines is 1. The highest BCUT2D eigenvalue weighted by atomic mass is 16.5. The van der Waals surface area contributed by atoms with Gasteiger partial charge in [0.05, 0.1) is 24.5 Å². The van der Waals surface area contributed by atoms with Crippen LogP contribution in [0.5, 0.6) is 0 Å². The average molecular weight is 358 g/mol. The predicted molar refractivity (Wildman–Crippen MR) is 91.5 cm³/mol. The maximum absolute atomic E-state index is 11.6. The topological polar surface area (TPSA) is 149 Å². The van der Waals surface area contributed by atoms with Gasteiger partial charge in [-0.05, 0) is 6.92 Å². The fourth-order valence-corrected chi connectivity index (χ4v) is 3.29. The third-order valence-corrected chi connectivity index (χ3v) is 4.55. The first-order valence-electron chi connectivity index (χ1n) is 8.15. The van der Waals surface area contributed by atoms with Crippen molar-refractivity contribution >= 4 is 17.0 Å². The van der Waals surface area contributed by atoms with Crippen molar-refractivity contribution in [2.24, 2.45) is 0 Å². The zero-order valence-electron chi connectivity index (χ0n) is 13.8. The molecule has 10 heteroatoms. The lowest BCUT2D eigenvalue weighted by Crippen LogP contribution is -2.55. The number of rotatable bonds is 3. The number of H-pyrrole nitrogens is 2. The molecule has 0 saturated carbocycles. The fourth-order valence-electron chi connectivity index (χ4n) is 3.29. The Kier molecular flexibility index (Phi) is 4.15. The van der Waals surface area contributed by atoms with Crippen molar-refractivity contribution in [1.82, 2.24) is 24.9 Å². The molecule has 0 amide bonds. The number of nitrogens with one attached hydrogen (secondary N) is 3. The molecular formula is C16H18N6O4. The van der Waals surface area contributed by atoms with Crippen LogP contribution in [-0.2, 0) is 4.74 Å². The molecule has 5 N–H and O–H groups in total. The molecule has 4 heterocycles. The van der Waals surface area contributed by atoms with Crippen LogP contribution in [0.25, 0.3) is 11.2 Å². The zero-order valence-corrected chi connectivity index (χ0v) is 13.8. The summed E-state index contributed by atoms with van der Waals surface area (Å²) < 4.78 is 5.87. The molecule has 136 valence electrons. The van der Waals surface area contributed by atoms with Crippen LogP contribution < -0.4 is 10.7 Å². The van der Waals surface area contributed by atoms with Crippen LogP contribution >= 0.6 is 0 Å². The molecular weight excluding hydrogens is 340 g/mol. The Morgan fingerprint density at radius 3 is 2.85 bits per heavy atom. The molecule has 5 atom stereocenters. The first-order valence-corrected chi connectivity index (χ1v) is 8.15. The van der Waals surface area contributed by atoms with Gasteiger partial charge in [0, 0.05) is 24.0 Å². The van der Waals surface area contributed by atoms with Crippen molar-refractivity contribution in [3.63, 3.8) is 0 Å². The molecule has 1 fully saturated rings. The molecule has 0 bridgehead atoms. The minimum atomic E-state index is -1.24. The van der Waals surface area contributed by atoms with Gasteiger partial charge in [-0.2, -0.15) is 0 Å². The van der Waals surface area contributed by atoms with Crippen LogP contribution in [0, 0.1) is 0 Å². The summed E-state index contributed by atoms with van der Waals surface area (Å²) in [5.41, 5.74) is 1.37. The van der Waals surface area contributed by atoms with Crippen molar-refractivity contribution in [2.75, 3.05) is 5.32 Å². The molecule has 1 aliphatic rings. The lowest BCUT2D eigenvalue weighted by Gasteiger charge is -2.42. The van der Waals surface area contributed by atoms with Crippen molar-refractivity contribution in [1.29, 1.82) is 0 Å². The zero-order chi connectivity index (χ0) is 18.3. The van der Waals surface area contributed by atoms with Crippen LogP contribution in [0.15, 0.2) is 35.8 Å². The molecule has 0 spiro atoms. The van der Waals surface area contributed by atoms with E-state index in [1.165, 1.54) is 31.0 Å². The molecule has 4 rings (SSSR count). The van der Waals surface area contributed by atoms with Crippen LogP contribution in [0.1, 0.15) is 18.5 Å². The van der Waals surface area contributed by atoms with Gasteiger partial charge in [-0.1, -0.05) is 0 Å². The molecule has 1 saturated heterocycles. The Hall–Kier alpha value is -2.82. The molecule has 1 aliphatic heterocycles. The van der Waals surface area contributed by atoms with Crippen molar-refractivity contribution < 1.29 is 14.9 Å². The van der Waals surface area contributed by atoms with E-state index < -0.39 is 30.5 Å². The Labute approximate surface area is 147 Å². The van der Waals surface area contributed by atoms with Gasteiger partial charge in [-0.25, -0.2) is 15.0 Å². The fraction of sp³-hybridized carbons (Fsp3) is 0.375. The molecule has 0 aliphatic carbocycles. The van der Waals surface area contributed by atoms with Crippen molar-refractivity contribution in [2.45, 2.75) is 37.4 Å². The number of aliphatic hydroxyl groups excluding tert-OH is 2. The van der Waals surface area contributed by atoms with E-state index in [0.29, 0.717) is 22.7 Å². The highest BCUT2D eigenvalue weighted by molar-refractivity contribution is 5.82. The average Bonchev–Trinajstić information content (AvgIpc) is 3.09. The van der Waals surface area contributed by atoms with E-state index in [1.54, 1.807) is 6.92 Å².